The Morgan fingerprint density at radius 3 is 2.78 bits per heavy atom. The Morgan fingerprint density at radius 1 is 1.39 bits per heavy atom. The molecule has 1 aliphatic heterocycles. The summed E-state index contributed by atoms with van der Waals surface area (Å²) in [6.45, 7) is 4.43. The van der Waals surface area contributed by atoms with Crippen molar-refractivity contribution in [3.63, 3.8) is 0 Å². The number of methoxy groups -OCH3 is 1. The van der Waals surface area contributed by atoms with E-state index in [1.807, 2.05) is 35.2 Å². The molecule has 0 aromatic heterocycles. The molecule has 2 unspecified atom stereocenters. The van der Waals surface area contributed by atoms with Gasteiger partial charge in [0, 0.05) is 18.3 Å². The Kier molecular flexibility index (Phi) is 6.17. The number of nitrogens with one attached hydrogen (secondary N) is 1. The monoisotopic (exact) mass is 318 g/mol. The Hall–Kier alpha value is -2.34. The number of nitrogens with zero attached hydrogens (tertiary/aromatic N) is 1. The van der Waals surface area contributed by atoms with Crippen LogP contribution >= 0.6 is 0 Å². The van der Waals surface area contributed by atoms with Crippen LogP contribution in [-0.2, 0) is 19.1 Å². The van der Waals surface area contributed by atoms with Gasteiger partial charge in [-0.05, 0) is 18.6 Å². The fourth-order valence-electron chi connectivity index (χ4n) is 2.68. The minimum absolute atomic E-state index is 0.00980. The van der Waals surface area contributed by atoms with Crippen LogP contribution in [0.2, 0.25) is 0 Å². The highest BCUT2D eigenvalue weighted by molar-refractivity contribution is 5.81. The first kappa shape index (κ1) is 17.0. The van der Waals surface area contributed by atoms with E-state index in [2.05, 4.69) is 11.9 Å². The molecular weight excluding hydrogens is 296 g/mol. The van der Waals surface area contributed by atoms with E-state index in [1.54, 1.807) is 0 Å². The van der Waals surface area contributed by atoms with E-state index in [-0.39, 0.29) is 37.2 Å². The van der Waals surface area contributed by atoms with E-state index in [9.17, 15) is 9.59 Å². The number of carbonyl (C=O) groups excluding carboxylic acids is 2. The maximum absolute atomic E-state index is 12.0. The van der Waals surface area contributed by atoms with Crippen LogP contribution in [0.1, 0.15) is 6.42 Å². The highest BCUT2D eigenvalue weighted by Gasteiger charge is 2.37. The lowest BCUT2D eigenvalue weighted by molar-refractivity contribution is -0.142. The molecule has 1 aliphatic rings. The first-order valence-electron chi connectivity index (χ1n) is 7.55. The Labute approximate surface area is 136 Å². The van der Waals surface area contributed by atoms with Crippen molar-refractivity contribution in [1.29, 1.82) is 0 Å². The van der Waals surface area contributed by atoms with Crippen molar-refractivity contribution in [1.82, 2.24) is 5.32 Å². The number of benzene rings is 1. The molecule has 2 rings (SSSR count). The second-order valence-corrected chi connectivity index (χ2v) is 5.31. The molecule has 124 valence electrons. The van der Waals surface area contributed by atoms with Gasteiger partial charge in [-0.15, -0.1) is 0 Å². The normalized spacial score (nSPS) is 20.1. The number of hydrogen-bond donors (Lipinski definition) is 1. The lowest BCUT2D eigenvalue weighted by Crippen LogP contribution is -2.38. The third kappa shape index (κ3) is 4.56. The maximum Gasteiger partial charge on any atom is 0.328 e. The highest BCUT2D eigenvalue weighted by atomic mass is 16.5. The summed E-state index contributed by atoms with van der Waals surface area (Å²) in [5.41, 5.74) is 0.960. The molecule has 1 heterocycles. The van der Waals surface area contributed by atoms with Crippen LogP contribution in [0, 0.1) is 0 Å². The molecule has 1 aromatic carbocycles. The van der Waals surface area contributed by atoms with Crippen LogP contribution in [0.4, 0.5) is 5.69 Å². The van der Waals surface area contributed by atoms with Gasteiger partial charge in [0.1, 0.15) is 12.6 Å². The van der Waals surface area contributed by atoms with Gasteiger partial charge in [0.2, 0.25) is 0 Å². The number of anilines is 1. The van der Waals surface area contributed by atoms with E-state index in [0.717, 1.165) is 5.69 Å². The topological polar surface area (TPSA) is 67.9 Å². The van der Waals surface area contributed by atoms with E-state index in [1.165, 1.54) is 13.2 Å². The highest BCUT2D eigenvalue weighted by Crippen LogP contribution is 2.26. The molecule has 0 spiro atoms. The Balaban J connectivity index is 1.98. The SMILES string of the molecule is C=CCOC(=O)CNC1CC(C(=O)OC)N(c2ccccc2)C1. The summed E-state index contributed by atoms with van der Waals surface area (Å²) < 4.78 is 9.84. The lowest BCUT2D eigenvalue weighted by atomic mass is 10.1. The smallest absolute Gasteiger partial charge is 0.328 e. The molecule has 0 radical (unpaired) electrons. The second-order valence-electron chi connectivity index (χ2n) is 5.31. The summed E-state index contributed by atoms with van der Waals surface area (Å²) in [7, 11) is 1.39. The molecule has 2 atom stereocenters. The summed E-state index contributed by atoms with van der Waals surface area (Å²) in [5.74, 6) is -0.606. The average molecular weight is 318 g/mol. The van der Waals surface area contributed by atoms with Gasteiger partial charge in [0.15, 0.2) is 0 Å². The minimum Gasteiger partial charge on any atom is -0.467 e. The summed E-state index contributed by atoms with van der Waals surface area (Å²) in [4.78, 5) is 25.6. The van der Waals surface area contributed by atoms with E-state index < -0.39 is 0 Å². The van der Waals surface area contributed by atoms with E-state index in [4.69, 9.17) is 9.47 Å². The van der Waals surface area contributed by atoms with Gasteiger partial charge in [-0.3, -0.25) is 4.79 Å². The molecule has 23 heavy (non-hydrogen) atoms. The van der Waals surface area contributed by atoms with Gasteiger partial charge >= 0.3 is 11.9 Å². The molecule has 6 heteroatoms. The maximum atomic E-state index is 12.0. The quantitative estimate of drug-likeness (QED) is 0.600. The number of carbonyl (C=O) groups is 2. The number of hydrogen-bond acceptors (Lipinski definition) is 6. The summed E-state index contributed by atoms with van der Waals surface area (Å²) >= 11 is 0. The van der Waals surface area contributed by atoms with Gasteiger partial charge in [0.25, 0.3) is 0 Å². The largest absolute Gasteiger partial charge is 0.467 e. The first-order valence-corrected chi connectivity index (χ1v) is 7.55. The van der Waals surface area contributed by atoms with Gasteiger partial charge in [-0.2, -0.15) is 0 Å². The number of rotatable bonds is 7. The second kappa shape index (κ2) is 8.33. The zero-order valence-electron chi connectivity index (χ0n) is 13.2. The van der Waals surface area contributed by atoms with Gasteiger partial charge in [-0.25, -0.2) is 4.79 Å². The molecule has 0 amide bonds. The number of para-hydroxylation sites is 1. The van der Waals surface area contributed by atoms with Crippen molar-refractivity contribution in [2.45, 2.75) is 18.5 Å². The molecule has 1 saturated heterocycles. The standard InChI is InChI=1S/C17H22N2O4/c1-3-9-23-16(20)11-18-13-10-15(17(21)22-2)19(12-13)14-7-5-4-6-8-14/h3-8,13,15,18H,1,9-12H2,2H3. The zero-order valence-corrected chi connectivity index (χ0v) is 13.2. The molecule has 0 aliphatic carbocycles. The third-order valence-corrected chi connectivity index (χ3v) is 3.76. The molecule has 0 bridgehead atoms. The van der Waals surface area contributed by atoms with Crippen LogP contribution in [-0.4, -0.2) is 50.8 Å². The van der Waals surface area contributed by atoms with Crippen LogP contribution in [0.3, 0.4) is 0 Å². The molecule has 1 fully saturated rings. The van der Waals surface area contributed by atoms with E-state index >= 15 is 0 Å². The molecular formula is C17H22N2O4. The predicted octanol–water partition coefficient (Wildman–Crippen LogP) is 1.13. The first-order chi connectivity index (χ1) is 11.2. The number of esters is 2. The van der Waals surface area contributed by atoms with Crippen LogP contribution in [0.15, 0.2) is 43.0 Å². The molecule has 1 N–H and O–H groups in total. The van der Waals surface area contributed by atoms with Crippen molar-refractivity contribution in [3.05, 3.63) is 43.0 Å². The van der Waals surface area contributed by atoms with Crippen LogP contribution in [0.25, 0.3) is 0 Å². The third-order valence-electron chi connectivity index (χ3n) is 3.76. The molecule has 1 aromatic rings. The number of ether oxygens (including phenoxy) is 2. The van der Waals surface area contributed by atoms with Crippen molar-refractivity contribution < 1.29 is 19.1 Å². The Bertz CT molecular complexity index is 547. The van der Waals surface area contributed by atoms with Crippen molar-refractivity contribution >= 4 is 17.6 Å². The van der Waals surface area contributed by atoms with Gasteiger partial charge < -0.3 is 19.7 Å². The molecule has 6 nitrogen and oxygen atoms in total. The van der Waals surface area contributed by atoms with Crippen molar-refractivity contribution in [2.24, 2.45) is 0 Å². The van der Waals surface area contributed by atoms with E-state index in [0.29, 0.717) is 13.0 Å². The fraction of sp³-hybridized carbons (Fsp3) is 0.412. The fourth-order valence-corrected chi connectivity index (χ4v) is 2.68. The van der Waals surface area contributed by atoms with Crippen LogP contribution in [0.5, 0.6) is 0 Å². The lowest BCUT2D eigenvalue weighted by Gasteiger charge is -2.24. The summed E-state index contributed by atoms with van der Waals surface area (Å²) in [6.07, 6.45) is 2.11. The summed E-state index contributed by atoms with van der Waals surface area (Å²) in [5, 5.41) is 3.14. The van der Waals surface area contributed by atoms with Crippen LogP contribution < -0.4 is 10.2 Å². The Morgan fingerprint density at radius 2 is 2.13 bits per heavy atom. The van der Waals surface area contributed by atoms with Gasteiger partial charge in [-0.1, -0.05) is 30.9 Å². The van der Waals surface area contributed by atoms with Crippen molar-refractivity contribution in [3.8, 4) is 0 Å². The minimum atomic E-state index is -0.357. The summed E-state index contributed by atoms with van der Waals surface area (Å²) in [6, 6.07) is 9.35. The predicted molar refractivity (Wildman–Crippen MR) is 87.2 cm³/mol. The van der Waals surface area contributed by atoms with Crippen molar-refractivity contribution in [2.75, 3.05) is 31.7 Å². The molecule has 0 saturated carbocycles. The zero-order chi connectivity index (χ0) is 16.7. The average Bonchev–Trinajstić information content (AvgIpc) is 3.02. The van der Waals surface area contributed by atoms with Gasteiger partial charge in [0.05, 0.1) is 13.7 Å².